The van der Waals surface area contributed by atoms with Gasteiger partial charge in [-0.3, -0.25) is 0 Å². The Bertz CT molecular complexity index is 482. The second kappa shape index (κ2) is 7.16. The Balaban J connectivity index is 1.84. The number of rotatable bonds is 4. The third-order valence-electron chi connectivity index (χ3n) is 3.97. The number of piperidine rings is 1. The van der Waals surface area contributed by atoms with Crippen LogP contribution >= 0.6 is 0 Å². The SMILES string of the molecule is CCCCc1c[nH]c(C2CCN(C(=O)OC(C)(C)C)CC2)n1. The molecular weight excluding hydrogens is 278 g/mol. The highest BCUT2D eigenvalue weighted by Crippen LogP contribution is 2.27. The zero-order valence-corrected chi connectivity index (χ0v) is 14.3. The summed E-state index contributed by atoms with van der Waals surface area (Å²) in [5, 5.41) is 0. The molecule has 0 unspecified atom stereocenters. The number of aromatic nitrogens is 2. The van der Waals surface area contributed by atoms with E-state index in [4.69, 9.17) is 9.72 Å². The molecule has 1 aromatic heterocycles. The number of carbonyl (C=O) groups is 1. The quantitative estimate of drug-likeness (QED) is 0.918. The first-order valence-corrected chi connectivity index (χ1v) is 8.41. The lowest BCUT2D eigenvalue weighted by Gasteiger charge is -2.32. The number of H-pyrrole nitrogens is 1. The van der Waals surface area contributed by atoms with Gasteiger partial charge in [-0.1, -0.05) is 13.3 Å². The summed E-state index contributed by atoms with van der Waals surface area (Å²) in [7, 11) is 0. The molecule has 1 N–H and O–H groups in total. The number of hydrogen-bond acceptors (Lipinski definition) is 3. The van der Waals surface area contributed by atoms with Crippen molar-refractivity contribution in [1.29, 1.82) is 0 Å². The average molecular weight is 307 g/mol. The molecule has 0 aromatic carbocycles. The van der Waals surface area contributed by atoms with Gasteiger partial charge in [0.2, 0.25) is 0 Å². The maximum atomic E-state index is 12.1. The second-order valence-corrected chi connectivity index (χ2v) is 7.12. The van der Waals surface area contributed by atoms with Crippen LogP contribution in [0.15, 0.2) is 6.20 Å². The van der Waals surface area contributed by atoms with E-state index in [1.807, 2.05) is 31.9 Å². The smallest absolute Gasteiger partial charge is 0.410 e. The van der Waals surface area contributed by atoms with E-state index < -0.39 is 5.60 Å². The van der Waals surface area contributed by atoms with Gasteiger partial charge in [-0.05, 0) is 46.5 Å². The fraction of sp³-hybridized carbons (Fsp3) is 0.765. The van der Waals surface area contributed by atoms with Crippen molar-refractivity contribution in [3.05, 3.63) is 17.7 Å². The Morgan fingerprint density at radius 2 is 2.09 bits per heavy atom. The molecule has 0 radical (unpaired) electrons. The second-order valence-electron chi connectivity index (χ2n) is 7.12. The molecule has 1 fully saturated rings. The van der Waals surface area contributed by atoms with E-state index in [0.29, 0.717) is 5.92 Å². The maximum Gasteiger partial charge on any atom is 0.410 e. The first-order valence-electron chi connectivity index (χ1n) is 8.41. The summed E-state index contributed by atoms with van der Waals surface area (Å²) in [5.74, 6) is 1.50. The fourth-order valence-corrected chi connectivity index (χ4v) is 2.73. The Morgan fingerprint density at radius 3 is 2.68 bits per heavy atom. The lowest BCUT2D eigenvalue weighted by molar-refractivity contribution is 0.0203. The summed E-state index contributed by atoms with van der Waals surface area (Å²) in [5.41, 5.74) is 0.731. The van der Waals surface area contributed by atoms with Crippen LogP contribution in [0.3, 0.4) is 0 Å². The third kappa shape index (κ3) is 4.75. The summed E-state index contributed by atoms with van der Waals surface area (Å²) in [6, 6.07) is 0. The van der Waals surface area contributed by atoms with E-state index >= 15 is 0 Å². The van der Waals surface area contributed by atoms with Gasteiger partial charge in [0.15, 0.2) is 0 Å². The van der Waals surface area contributed by atoms with Crippen molar-refractivity contribution in [3.63, 3.8) is 0 Å². The summed E-state index contributed by atoms with van der Waals surface area (Å²) in [4.78, 5) is 21.9. The molecule has 1 aliphatic heterocycles. The summed E-state index contributed by atoms with van der Waals surface area (Å²) in [6.07, 6.45) is 7.14. The van der Waals surface area contributed by atoms with Crippen LogP contribution in [-0.4, -0.2) is 39.7 Å². The van der Waals surface area contributed by atoms with E-state index in [-0.39, 0.29) is 6.09 Å². The van der Waals surface area contributed by atoms with Crippen LogP contribution in [0.5, 0.6) is 0 Å². The lowest BCUT2D eigenvalue weighted by Crippen LogP contribution is -2.41. The minimum absolute atomic E-state index is 0.200. The first-order chi connectivity index (χ1) is 10.4. The van der Waals surface area contributed by atoms with E-state index in [2.05, 4.69) is 11.9 Å². The predicted molar refractivity (Wildman–Crippen MR) is 87.0 cm³/mol. The van der Waals surface area contributed by atoms with E-state index in [0.717, 1.165) is 43.9 Å². The number of ether oxygens (including phenoxy) is 1. The van der Waals surface area contributed by atoms with Crippen molar-refractivity contribution in [2.24, 2.45) is 0 Å². The molecule has 22 heavy (non-hydrogen) atoms. The van der Waals surface area contributed by atoms with Crippen LogP contribution in [0.2, 0.25) is 0 Å². The van der Waals surface area contributed by atoms with Gasteiger partial charge in [-0.15, -0.1) is 0 Å². The minimum atomic E-state index is -0.427. The number of unbranched alkanes of at least 4 members (excludes halogenated alkanes) is 1. The molecule has 1 aliphatic rings. The number of carbonyl (C=O) groups excluding carboxylic acids is 1. The molecule has 5 heteroatoms. The molecule has 5 nitrogen and oxygen atoms in total. The van der Waals surface area contributed by atoms with Crippen molar-refractivity contribution < 1.29 is 9.53 Å². The van der Waals surface area contributed by atoms with Crippen LogP contribution in [-0.2, 0) is 11.2 Å². The van der Waals surface area contributed by atoms with Crippen LogP contribution in [0, 0.1) is 0 Å². The van der Waals surface area contributed by atoms with Crippen molar-refractivity contribution in [2.45, 2.75) is 71.3 Å². The molecule has 2 rings (SSSR count). The Labute approximate surface area is 133 Å². The Hall–Kier alpha value is -1.52. The van der Waals surface area contributed by atoms with Crippen LogP contribution in [0.4, 0.5) is 4.79 Å². The number of nitrogens with one attached hydrogen (secondary N) is 1. The number of aromatic amines is 1. The van der Waals surface area contributed by atoms with Gasteiger partial charge in [0.05, 0.1) is 5.69 Å². The van der Waals surface area contributed by atoms with Gasteiger partial charge in [0.1, 0.15) is 11.4 Å². The van der Waals surface area contributed by atoms with Gasteiger partial charge in [-0.25, -0.2) is 9.78 Å². The first kappa shape index (κ1) is 16.8. The third-order valence-corrected chi connectivity index (χ3v) is 3.97. The molecule has 2 heterocycles. The minimum Gasteiger partial charge on any atom is -0.444 e. The number of likely N-dealkylation sites (tertiary alicyclic amines) is 1. The average Bonchev–Trinajstić information content (AvgIpc) is 2.92. The standard InChI is InChI=1S/C17H29N3O2/c1-5-6-7-14-12-18-15(19-14)13-8-10-20(11-9-13)16(21)22-17(2,3)4/h12-13H,5-11H2,1-4H3,(H,18,19). The lowest BCUT2D eigenvalue weighted by atomic mass is 9.96. The monoisotopic (exact) mass is 307 g/mol. The number of hydrogen-bond donors (Lipinski definition) is 1. The number of nitrogens with zero attached hydrogens (tertiary/aromatic N) is 2. The highest BCUT2D eigenvalue weighted by molar-refractivity contribution is 5.68. The predicted octanol–water partition coefficient (Wildman–Crippen LogP) is 3.87. The van der Waals surface area contributed by atoms with Gasteiger partial charge in [-0.2, -0.15) is 0 Å². The molecular formula is C17H29N3O2. The molecule has 1 amide bonds. The number of aryl methyl sites for hydroxylation is 1. The summed E-state index contributed by atoms with van der Waals surface area (Å²) in [6.45, 7) is 9.38. The van der Waals surface area contributed by atoms with E-state index in [1.165, 1.54) is 12.8 Å². The number of imidazole rings is 1. The van der Waals surface area contributed by atoms with E-state index in [1.54, 1.807) is 0 Å². The zero-order chi connectivity index (χ0) is 16.2. The largest absolute Gasteiger partial charge is 0.444 e. The molecule has 0 spiro atoms. The highest BCUT2D eigenvalue weighted by Gasteiger charge is 2.28. The summed E-state index contributed by atoms with van der Waals surface area (Å²) >= 11 is 0. The molecule has 0 saturated carbocycles. The molecule has 1 aromatic rings. The van der Waals surface area contributed by atoms with Crippen molar-refractivity contribution in [3.8, 4) is 0 Å². The van der Waals surface area contributed by atoms with Crippen LogP contribution in [0.25, 0.3) is 0 Å². The van der Waals surface area contributed by atoms with Gasteiger partial charge < -0.3 is 14.6 Å². The molecule has 124 valence electrons. The van der Waals surface area contributed by atoms with Crippen LogP contribution < -0.4 is 0 Å². The molecule has 1 saturated heterocycles. The van der Waals surface area contributed by atoms with Crippen molar-refractivity contribution in [2.75, 3.05) is 13.1 Å². The van der Waals surface area contributed by atoms with Gasteiger partial charge in [0, 0.05) is 25.2 Å². The highest BCUT2D eigenvalue weighted by atomic mass is 16.6. The number of amides is 1. The van der Waals surface area contributed by atoms with Gasteiger partial charge >= 0.3 is 6.09 Å². The summed E-state index contributed by atoms with van der Waals surface area (Å²) < 4.78 is 5.43. The van der Waals surface area contributed by atoms with Crippen molar-refractivity contribution in [1.82, 2.24) is 14.9 Å². The normalized spacial score (nSPS) is 16.8. The topological polar surface area (TPSA) is 58.2 Å². The Morgan fingerprint density at radius 1 is 1.41 bits per heavy atom. The zero-order valence-electron chi connectivity index (χ0n) is 14.3. The molecule has 0 aliphatic carbocycles. The fourth-order valence-electron chi connectivity index (χ4n) is 2.73. The van der Waals surface area contributed by atoms with E-state index in [9.17, 15) is 4.79 Å². The van der Waals surface area contributed by atoms with Gasteiger partial charge in [0.25, 0.3) is 0 Å². The van der Waals surface area contributed by atoms with Crippen LogP contribution in [0.1, 0.15) is 70.8 Å². The molecule has 0 atom stereocenters. The molecule has 0 bridgehead atoms. The maximum absolute atomic E-state index is 12.1. The Kier molecular flexibility index (Phi) is 5.48. The van der Waals surface area contributed by atoms with Crippen molar-refractivity contribution >= 4 is 6.09 Å².